The molecule has 0 fully saturated rings. The Morgan fingerprint density at radius 3 is 2.56 bits per heavy atom. The van der Waals surface area contributed by atoms with Crippen LogP contribution in [-0.2, 0) is 6.42 Å². The predicted octanol–water partition coefficient (Wildman–Crippen LogP) is 3.65. The van der Waals surface area contributed by atoms with Gasteiger partial charge in [0.25, 0.3) is 0 Å². The molecule has 1 rings (SSSR count). The lowest BCUT2D eigenvalue weighted by Crippen LogP contribution is -2.33. The minimum atomic E-state index is 0.260. The highest BCUT2D eigenvalue weighted by atomic mass is 16.5. The van der Waals surface area contributed by atoms with E-state index in [9.17, 15) is 0 Å². The minimum Gasteiger partial charge on any atom is -0.489 e. The summed E-state index contributed by atoms with van der Waals surface area (Å²) in [5.41, 5.74) is 1.33. The molecule has 0 aliphatic carbocycles. The van der Waals surface area contributed by atoms with Gasteiger partial charge < -0.3 is 10.1 Å². The Kier molecular flexibility index (Phi) is 6.81. The zero-order chi connectivity index (χ0) is 13.4. The summed E-state index contributed by atoms with van der Waals surface area (Å²) < 4.78 is 6.03. The third-order valence-electron chi connectivity index (χ3n) is 2.99. The standard InChI is InChI=1S/C16H27NO/c1-5-14-8-7-9-16(10-14)18-15(6-2)12-17-11-13(3)4/h7-10,13,15,17H,5-6,11-12H2,1-4H3. The number of hydrogen-bond acceptors (Lipinski definition) is 2. The molecule has 0 saturated heterocycles. The first-order valence-electron chi connectivity index (χ1n) is 7.12. The van der Waals surface area contributed by atoms with Crippen molar-refractivity contribution >= 4 is 0 Å². The van der Waals surface area contributed by atoms with Crippen LogP contribution in [-0.4, -0.2) is 19.2 Å². The van der Waals surface area contributed by atoms with Gasteiger partial charge in [0.15, 0.2) is 0 Å². The van der Waals surface area contributed by atoms with Crippen LogP contribution in [0.5, 0.6) is 5.75 Å². The fourth-order valence-corrected chi connectivity index (χ4v) is 1.83. The Labute approximate surface area is 112 Å². The van der Waals surface area contributed by atoms with E-state index in [0.29, 0.717) is 5.92 Å². The van der Waals surface area contributed by atoms with Gasteiger partial charge in [-0.2, -0.15) is 0 Å². The summed E-state index contributed by atoms with van der Waals surface area (Å²) in [6, 6.07) is 8.41. The van der Waals surface area contributed by atoms with Crippen LogP contribution in [0.25, 0.3) is 0 Å². The number of ether oxygens (including phenoxy) is 1. The summed E-state index contributed by atoms with van der Waals surface area (Å²) in [5, 5.41) is 3.46. The van der Waals surface area contributed by atoms with Crippen LogP contribution >= 0.6 is 0 Å². The Balaban J connectivity index is 2.46. The first kappa shape index (κ1) is 15.0. The largest absolute Gasteiger partial charge is 0.489 e. The Morgan fingerprint density at radius 2 is 1.94 bits per heavy atom. The summed E-state index contributed by atoms with van der Waals surface area (Å²) >= 11 is 0. The zero-order valence-corrected chi connectivity index (χ0v) is 12.2. The van der Waals surface area contributed by atoms with Crippen molar-refractivity contribution in [2.45, 2.75) is 46.6 Å². The van der Waals surface area contributed by atoms with Crippen molar-refractivity contribution in [2.24, 2.45) is 5.92 Å². The van der Waals surface area contributed by atoms with Gasteiger partial charge in [-0.1, -0.05) is 39.8 Å². The average molecular weight is 249 g/mol. The van der Waals surface area contributed by atoms with Crippen molar-refractivity contribution in [2.75, 3.05) is 13.1 Å². The molecule has 1 aromatic rings. The molecular formula is C16H27NO. The van der Waals surface area contributed by atoms with Gasteiger partial charge in [-0.25, -0.2) is 0 Å². The normalized spacial score (nSPS) is 12.7. The summed E-state index contributed by atoms with van der Waals surface area (Å²) in [6.07, 6.45) is 2.34. The molecule has 1 N–H and O–H groups in total. The van der Waals surface area contributed by atoms with Gasteiger partial charge in [0, 0.05) is 6.54 Å². The molecule has 2 heteroatoms. The second-order valence-corrected chi connectivity index (χ2v) is 5.20. The molecule has 0 aliphatic heterocycles. The molecule has 0 aromatic heterocycles. The lowest BCUT2D eigenvalue weighted by Gasteiger charge is -2.19. The van der Waals surface area contributed by atoms with Crippen molar-refractivity contribution in [1.82, 2.24) is 5.32 Å². The van der Waals surface area contributed by atoms with Gasteiger partial charge in [-0.3, -0.25) is 0 Å². The van der Waals surface area contributed by atoms with Crippen LogP contribution in [0, 0.1) is 5.92 Å². The van der Waals surface area contributed by atoms with Crippen LogP contribution in [0.15, 0.2) is 24.3 Å². The molecule has 18 heavy (non-hydrogen) atoms. The summed E-state index contributed by atoms with van der Waals surface area (Å²) in [4.78, 5) is 0. The van der Waals surface area contributed by atoms with Gasteiger partial charge in [0.05, 0.1) is 0 Å². The smallest absolute Gasteiger partial charge is 0.120 e. The van der Waals surface area contributed by atoms with Crippen molar-refractivity contribution in [3.8, 4) is 5.75 Å². The van der Waals surface area contributed by atoms with E-state index >= 15 is 0 Å². The minimum absolute atomic E-state index is 0.260. The van der Waals surface area contributed by atoms with Crippen molar-refractivity contribution in [1.29, 1.82) is 0 Å². The van der Waals surface area contributed by atoms with Crippen LogP contribution in [0.2, 0.25) is 0 Å². The molecule has 1 unspecified atom stereocenters. The molecule has 2 nitrogen and oxygen atoms in total. The van der Waals surface area contributed by atoms with E-state index in [0.717, 1.165) is 31.7 Å². The monoisotopic (exact) mass is 249 g/mol. The van der Waals surface area contributed by atoms with E-state index in [2.05, 4.69) is 51.2 Å². The fraction of sp³-hybridized carbons (Fsp3) is 0.625. The maximum Gasteiger partial charge on any atom is 0.120 e. The van der Waals surface area contributed by atoms with Crippen LogP contribution in [0.4, 0.5) is 0 Å². The van der Waals surface area contributed by atoms with Crippen LogP contribution in [0.1, 0.15) is 39.7 Å². The summed E-state index contributed by atoms with van der Waals surface area (Å²) in [7, 11) is 0. The van der Waals surface area contributed by atoms with E-state index in [-0.39, 0.29) is 6.10 Å². The fourth-order valence-electron chi connectivity index (χ4n) is 1.83. The third-order valence-corrected chi connectivity index (χ3v) is 2.99. The maximum absolute atomic E-state index is 6.03. The SMILES string of the molecule is CCc1cccc(OC(CC)CNCC(C)C)c1. The molecule has 1 atom stereocenters. The average Bonchev–Trinajstić information content (AvgIpc) is 2.37. The Bertz CT molecular complexity index is 336. The molecule has 0 saturated carbocycles. The predicted molar refractivity (Wildman–Crippen MR) is 78.2 cm³/mol. The van der Waals surface area contributed by atoms with Crippen LogP contribution < -0.4 is 10.1 Å². The number of nitrogens with one attached hydrogen (secondary N) is 1. The maximum atomic E-state index is 6.03. The topological polar surface area (TPSA) is 21.3 Å². The number of rotatable bonds is 8. The first-order chi connectivity index (χ1) is 8.65. The molecule has 0 radical (unpaired) electrons. The second-order valence-electron chi connectivity index (χ2n) is 5.20. The van der Waals surface area contributed by atoms with Crippen LogP contribution in [0.3, 0.4) is 0 Å². The van der Waals surface area contributed by atoms with E-state index in [1.807, 2.05) is 6.07 Å². The highest BCUT2D eigenvalue weighted by molar-refractivity contribution is 5.28. The highest BCUT2D eigenvalue weighted by Crippen LogP contribution is 2.16. The molecule has 1 aromatic carbocycles. The third kappa shape index (κ3) is 5.54. The summed E-state index contributed by atoms with van der Waals surface area (Å²) in [5.74, 6) is 1.68. The number of aryl methyl sites for hydroxylation is 1. The highest BCUT2D eigenvalue weighted by Gasteiger charge is 2.08. The zero-order valence-electron chi connectivity index (χ0n) is 12.2. The molecular weight excluding hydrogens is 222 g/mol. The molecule has 0 amide bonds. The molecule has 0 aliphatic rings. The second kappa shape index (κ2) is 8.15. The summed E-state index contributed by atoms with van der Waals surface area (Å²) in [6.45, 7) is 10.8. The van der Waals surface area contributed by atoms with E-state index < -0.39 is 0 Å². The quantitative estimate of drug-likeness (QED) is 0.759. The van der Waals surface area contributed by atoms with E-state index in [1.54, 1.807) is 0 Å². The van der Waals surface area contributed by atoms with E-state index in [4.69, 9.17) is 4.74 Å². The van der Waals surface area contributed by atoms with Gasteiger partial charge in [0.2, 0.25) is 0 Å². The first-order valence-corrected chi connectivity index (χ1v) is 7.12. The van der Waals surface area contributed by atoms with E-state index in [1.165, 1.54) is 5.56 Å². The lowest BCUT2D eigenvalue weighted by atomic mass is 10.1. The number of benzene rings is 1. The molecule has 0 heterocycles. The lowest BCUT2D eigenvalue weighted by molar-refractivity contribution is 0.192. The van der Waals surface area contributed by atoms with Gasteiger partial charge in [0.1, 0.15) is 11.9 Å². The van der Waals surface area contributed by atoms with Gasteiger partial charge in [-0.05, 0) is 43.0 Å². The number of hydrogen-bond donors (Lipinski definition) is 1. The van der Waals surface area contributed by atoms with Gasteiger partial charge in [-0.15, -0.1) is 0 Å². The Hall–Kier alpha value is -1.02. The molecule has 0 spiro atoms. The van der Waals surface area contributed by atoms with Crippen molar-refractivity contribution in [3.63, 3.8) is 0 Å². The molecule has 102 valence electrons. The Morgan fingerprint density at radius 1 is 1.17 bits per heavy atom. The molecule has 0 bridgehead atoms. The van der Waals surface area contributed by atoms with Crippen molar-refractivity contribution in [3.05, 3.63) is 29.8 Å². The van der Waals surface area contributed by atoms with Gasteiger partial charge >= 0.3 is 0 Å². The van der Waals surface area contributed by atoms with Crippen molar-refractivity contribution < 1.29 is 4.74 Å².